The van der Waals surface area contributed by atoms with Gasteiger partial charge in [0.1, 0.15) is 0 Å². The summed E-state index contributed by atoms with van der Waals surface area (Å²) in [7, 11) is 0. The van der Waals surface area contributed by atoms with E-state index >= 15 is 0 Å². The Balaban J connectivity index is 2.04. The average molecular weight is 259 g/mol. The predicted octanol–water partition coefficient (Wildman–Crippen LogP) is 3.80. The summed E-state index contributed by atoms with van der Waals surface area (Å²) in [5.74, 6) is 0.475. The van der Waals surface area contributed by atoms with Crippen molar-refractivity contribution in [3.05, 3.63) is 57.8 Å². The van der Waals surface area contributed by atoms with E-state index in [1.54, 1.807) is 0 Å². The first-order chi connectivity index (χ1) is 8.68. The zero-order valence-corrected chi connectivity index (χ0v) is 11.5. The molecular weight excluding hydrogens is 242 g/mol. The highest BCUT2D eigenvalue weighted by atomic mass is 32.1. The third-order valence-corrected chi connectivity index (χ3v) is 3.73. The van der Waals surface area contributed by atoms with Crippen LogP contribution < -0.4 is 5.32 Å². The molecule has 0 aliphatic heterocycles. The first-order valence-corrected chi connectivity index (χ1v) is 6.96. The third kappa shape index (κ3) is 2.99. The number of amides is 1. The maximum absolute atomic E-state index is 11.9. The van der Waals surface area contributed by atoms with Crippen molar-refractivity contribution >= 4 is 17.2 Å². The molecule has 0 saturated heterocycles. The van der Waals surface area contributed by atoms with Gasteiger partial charge >= 0.3 is 0 Å². The second kappa shape index (κ2) is 5.83. The largest absolute Gasteiger partial charge is 0.347 e. The molecule has 0 radical (unpaired) electrons. The van der Waals surface area contributed by atoms with Crippen LogP contribution in [0.4, 0.5) is 0 Å². The van der Waals surface area contributed by atoms with E-state index in [0.29, 0.717) is 12.5 Å². The number of nitrogens with one attached hydrogen (secondary N) is 1. The van der Waals surface area contributed by atoms with Gasteiger partial charge in [0.2, 0.25) is 0 Å². The molecule has 1 heterocycles. The van der Waals surface area contributed by atoms with Gasteiger partial charge in [0.05, 0.1) is 4.88 Å². The Labute approximate surface area is 112 Å². The minimum absolute atomic E-state index is 0.00330. The van der Waals surface area contributed by atoms with Crippen LogP contribution in [0.3, 0.4) is 0 Å². The summed E-state index contributed by atoms with van der Waals surface area (Å²) in [6.07, 6.45) is 0. The van der Waals surface area contributed by atoms with E-state index in [1.807, 2.05) is 29.6 Å². The van der Waals surface area contributed by atoms with Crippen LogP contribution in [-0.2, 0) is 6.54 Å². The summed E-state index contributed by atoms with van der Waals surface area (Å²) >= 11 is 1.46. The van der Waals surface area contributed by atoms with Gasteiger partial charge in [0, 0.05) is 6.54 Å². The fraction of sp³-hybridized carbons (Fsp3) is 0.267. The van der Waals surface area contributed by atoms with Crippen LogP contribution in [0.5, 0.6) is 0 Å². The molecule has 2 nitrogen and oxygen atoms in total. The molecule has 3 heteroatoms. The van der Waals surface area contributed by atoms with Crippen molar-refractivity contribution in [2.75, 3.05) is 0 Å². The molecule has 1 aromatic carbocycles. The molecule has 0 spiro atoms. The SMILES string of the molecule is CC(C)c1ccccc1CNC(=O)c1cccs1. The molecule has 0 saturated carbocycles. The molecular formula is C15H17NOS. The molecule has 2 rings (SSSR count). The Bertz CT molecular complexity index is 517. The topological polar surface area (TPSA) is 29.1 Å². The van der Waals surface area contributed by atoms with Gasteiger partial charge in [-0.25, -0.2) is 0 Å². The lowest BCUT2D eigenvalue weighted by molar-refractivity contribution is 0.0955. The highest BCUT2D eigenvalue weighted by molar-refractivity contribution is 7.12. The normalized spacial score (nSPS) is 10.6. The Hall–Kier alpha value is -1.61. The summed E-state index contributed by atoms with van der Waals surface area (Å²) < 4.78 is 0. The van der Waals surface area contributed by atoms with Crippen LogP contribution >= 0.6 is 11.3 Å². The van der Waals surface area contributed by atoms with E-state index in [9.17, 15) is 4.79 Å². The van der Waals surface area contributed by atoms with E-state index < -0.39 is 0 Å². The van der Waals surface area contributed by atoms with E-state index in [4.69, 9.17) is 0 Å². The molecule has 2 aromatic rings. The minimum atomic E-state index is 0.00330. The van der Waals surface area contributed by atoms with E-state index in [0.717, 1.165) is 4.88 Å². The van der Waals surface area contributed by atoms with Crippen molar-refractivity contribution < 1.29 is 4.79 Å². The number of carbonyl (C=O) groups is 1. The van der Waals surface area contributed by atoms with Gasteiger partial charge in [-0.15, -0.1) is 11.3 Å². The minimum Gasteiger partial charge on any atom is -0.347 e. The molecule has 1 amide bonds. The number of carbonyl (C=O) groups excluding carboxylic acids is 1. The Morgan fingerprint density at radius 1 is 1.22 bits per heavy atom. The lowest BCUT2D eigenvalue weighted by atomic mass is 9.97. The molecule has 18 heavy (non-hydrogen) atoms. The lowest BCUT2D eigenvalue weighted by Gasteiger charge is -2.12. The first-order valence-electron chi connectivity index (χ1n) is 6.08. The van der Waals surface area contributed by atoms with Crippen LogP contribution in [0.1, 0.15) is 40.6 Å². The molecule has 0 aliphatic rings. The second-order valence-corrected chi connectivity index (χ2v) is 5.46. The fourth-order valence-corrected chi connectivity index (χ4v) is 2.57. The number of hydrogen-bond donors (Lipinski definition) is 1. The van der Waals surface area contributed by atoms with Gasteiger partial charge in [0.15, 0.2) is 0 Å². The zero-order chi connectivity index (χ0) is 13.0. The smallest absolute Gasteiger partial charge is 0.261 e. The predicted molar refractivity (Wildman–Crippen MR) is 76.0 cm³/mol. The van der Waals surface area contributed by atoms with Crippen molar-refractivity contribution in [3.8, 4) is 0 Å². The van der Waals surface area contributed by atoms with Gasteiger partial charge in [0.25, 0.3) is 5.91 Å². The van der Waals surface area contributed by atoms with Crippen LogP contribution in [0.15, 0.2) is 41.8 Å². The molecule has 94 valence electrons. The van der Waals surface area contributed by atoms with Crippen molar-refractivity contribution in [3.63, 3.8) is 0 Å². The van der Waals surface area contributed by atoms with Crippen LogP contribution in [0.2, 0.25) is 0 Å². The summed E-state index contributed by atoms with van der Waals surface area (Å²) in [6.45, 7) is 4.92. The number of hydrogen-bond acceptors (Lipinski definition) is 2. The summed E-state index contributed by atoms with van der Waals surface area (Å²) in [5, 5.41) is 4.88. The molecule has 1 N–H and O–H groups in total. The average Bonchev–Trinajstić information content (AvgIpc) is 2.90. The van der Waals surface area contributed by atoms with Crippen LogP contribution in [-0.4, -0.2) is 5.91 Å². The van der Waals surface area contributed by atoms with Crippen molar-refractivity contribution in [1.29, 1.82) is 0 Å². The molecule has 0 atom stereocenters. The van der Waals surface area contributed by atoms with Crippen molar-refractivity contribution in [2.24, 2.45) is 0 Å². The van der Waals surface area contributed by atoms with Crippen molar-refractivity contribution in [1.82, 2.24) is 5.32 Å². The van der Waals surface area contributed by atoms with E-state index in [-0.39, 0.29) is 5.91 Å². The summed E-state index contributed by atoms with van der Waals surface area (Å²) in [4.78, 5) is 12.6. The number of thiophene rings is 1. The highest BCUT2D eigenvalue weighted by Gasteiger charge is 2.09. The van der Waals surface area contributed by atoms with Crippen LogP contribution in [0.25, 0.3) is 0 Å². The monoisotopic (exact) mass is 259 g/mol. The lowest BCUT2D eigenvalue weighted by Crippen LogP contribution is -2.22. The quantitative estimate of drug-likeness (QED) is 0.889. The van der Waals surface area contributed by atoms with Gasteiger partial charge in [-0.05, 0) is 28.5 Å². The van der Waals surface area contributed by atoms with E-state index in [1.165, 1.54) is 22.5 Å². The van der Waals surface area contributed by atoms with Gasteiger partial charge in [-0.3, -0.25) is 4.79 Å². The fourth-order valence-electron chi connectivity index (χ4n) is 1.93. The van der Waals surface area contributed by atoms with E-state index in [2.05, 4.69) is 31.3 Å². The van der Waals surface area contributed by atoms with Gasteiger partial charge < -0.3 is 5.32 Å². The maximum atomic E-state index is 11.9. The highest BCUT2D eigenvalue weighted by Crippen LogP contribution is 2.19. The van der Waals surface area contributed by atoms with Crippen molar-refractivity contribution in [2.45, 2.75) is 26.3 Å². The molecule has 0 unspecified atom stereocenters. The second-order valence-electron chi connectivity index (χ2n) is 4.51. The van der Waals surface area contributed by atoms with Gasteiger partial charge in [-0.2, -0.15) is 0 Å². The van der Waals surface area contributed by atoms with Crippen LogP contribution in [0, 0.1) is 0 Å². The maximum Gasteiger partial charge on any atom is 0.261 e. The molecule has 0 aliphatic carbocycles. The number of rotatable bonds is 4. The molecule has 1 aromatic heterocycles. The van der Waals surface area contributed by atoms with Gasteiger partial charge in [-0.1, -0.05) is 44.2 Å². The number of benzene rings is 1. The Morgan fingerprint density at radius 2 is 2.00 bits per heavy atom. The summed E-state index contributed by atoms with van der Waals surface area (Å²) in [6, 6.07) is 12.0. The third-order valence-electron chi connectivity index (χ3n) is 2.86. The first kappa shape index (κ1) is 12.8. The Morgan fingerprint density at radius 3 is 2.67 bits per heavy atom. The standard InChI is InChI=1S/C15H17NOS/c1-11(2)13-7-4-3-6-12(13)10-16-15(17)14-8-5-9-18-14/h3-9,11H,10H2,1-2H3,(H,16,17). The summed E-state index contributed by atoms with van der Waals surface area (Å²) in [5.41, 5.74) is 2.49. The molecule has 0 bridgehead atoms. The zero-order valence-electron chi connectivity index (χ0n) is 10.6. The Kier molecular flexibility index (Phi) is 4.15. The molecule has 0 fully saturated rings.